The van der Waals surface area contributed by atoms with Crippen LogP contribution in [-0.4, -0.2) is 30.9 Å². The van der Waals surface area contributed by atoms with Gasteiger partial charge in [0.2, 0.25) is 0 Å². The van der Waals surface area contributed by atoms with Crippen LogP contribution in [-0.2, 0) is 25.6 Å². The molecule has 2 saturated heterocycles. The van der Waals surface area contributed by atoms with Gasteiger partial charge in [0.15, 0.2) is 0 Å². The van der Waals surface area contributed by atoms with E-state index in [1.807, 2.05) is 30.3 Å². The van der Waals surface area contributed by atoms with E-state index >= 15 is 0 Å². The summed E-state index contributed by atoms with van der Waals surface area (Å²) in [5.41, 5.74) is 1.15. The molecular formula is C14H16O4. The molecule has 3 rings (SSSR count). The molecule has 0 bridgehead atoms. The van der Waals surface area contributed by atoms with E-state index in [0.717, 1.165) is 12.0 Å². The molecule has 4 nitrogen and oxygen atoms in total. The minimum Gasteiger partial charge on any atom is -0.459 e. The fraction of sp³-hybridized carbons (Fsp3) is 0.500. The van der Waals surface area contributed by atoms with Crippen molar-refractivity contribution >= 4 is 5.97 Å². The van der Waals surface area contributed by atoms with Crippen LogP contribution in [0.25, 0.3) is 0 Å². The van der Waals surface area contributed by atoms with Crippen molar-refractivity contribution in [2.75, 3.05) is 6.61 Å². The van der Waals surface area contributed by atoms with Crippen molar-refractivity contribution in [1.29, 1.82) is 0 Å². The number of carbonyl (C=O) groups is 1. The van der Waals surface area contributed by atoms with Gasteiger partial charge in [-0.2, -0.15) is 0 Å². The van der Waals surface area contributed by atoms with Crippen LogP contribution in [0.4, 0.5) is 0 Å². The Labute approximate surface area is 106 Å². The smallest absolute Gasteiger partial charge is 0.308 e. The maximum Gasteiger partial charge on any atom is 0.308 e. The van der Waals surface area contributed by atoms with E-state index in [1.54, 1.807) is 0 Å². The van der Waals surface area contributed by atoms with Gasteiger partial charge in [0.05, 0.1) is 25.7 Å². The summed E-state index contributed by atoms with van der Waals surface area (Å²) in [5, 5.41) is 0. The quantitative estimate of drug-likeness (QED) is 0.760. The average Bonchev–Trinajstić information content (AvgIpc) is 2.87. The lowest BCUT2D eigenvalue weighted by molar-refractivity contribution is -0.141. The number of ether oxygens (including phenoxy) is 3. The van der Waals surface area contributed by atoms with Gasteiger partial charge in [0.1, 0.15) is 12.2 Å². The molecule has 96 valence electrons. The molecule has 0 aliphatic carbocycles. The van der Waals surface area contributed by atoms with Crippen LogP contribution in [0.5, 0.6) is 0 Å². The highest BCUT2D eigenvalue weighted by molar-refractivity contribution is 5.72. The van der Waals surface area contributed by atoms with Gasteiger partial charge in [0, 0.05) is 6.42 Å². The van der Waals surface area contributed by atoms with Crippen LogP contribution >= 0.6 is 0 Å². The van der Waals surface area contributed by atoms with Crippen molar-refractivity contribution in [3.8, 4) is 0 Å². The number of fused-ring (bicyclic) bond motifs is 1. The summed E-state index contributed by atoms with van der Waals surface area (Å²) in [6.45, 7) is 1.15. The van der Waals surface area contributed by atoms with Gasteiger partial charge in [-0.1, -0.05) is 30.3 Å². The molecule has 0 radical (unpaired) electrons. The van der Waals surface area contributed by atoms with Gasteiger partial charge in [-0.3, -0.25) is 4.79 Å². The normalized spacial score (nSPS) is 30.2. The fourth-order valence-corrected chi connectivity index (χ4v) is 2.48. The predicted molar refractivity (Wildman–Crippen MR) is 63.9 cm³/mol. The third-order valence-corrected chi connectivity index (χ3v) is 3.34. The standard InChI is InChI=1S/C14H16O4/c15-14-7-13-12(18-14)6-11(17-13)9-16-8-10-4-2-1-3-5-10/h1-5,11-13H,6-9H2/t11-,12?,13?/m1/s1. The van der Waals surface area contributed by atoms with Crippen molar-refractivity contribution in [1.82, 2.24) is 0 Å². The van der Waals surface area contributed by atoms with Crippen LogP contribution < -0.4 is 0 Å². The summed E-state index contributed by atoms with van der Waals surface area (Å²) >= 11 is 0. The van der Waals surface area contributed by atoms with E-state index in [4.69, 9.17) is 14.2 Å². The van der Waals surface area contributed by atoms with E-state index in [1.165, 1.54) is 0 Å². The number of carbonyl (C=O) groups excluding carboxylic acids is 1. The summed E-state index contributed by atoms with van der Waals surface area (Å²) in [4.78, 5) is 11.0. The Balaban J connectivity index is 1.42. The summed E-state index contributed by atoms with van der Waals surface area (Å²) in [7, 11) is 0. The van der Waals surface area contributed by atoms with Crippen molar-refractivity contribution < 1.29 is 19.0 Å². The molecule has 2 unspecified atom stereocenters. The first kappa shape index (κ1) is 11.7. The molecular weight excluding hydrogens is 232 g/mol. The fourth-order valence-electron chi connectivity index (χ4n) is 2.48. The molecule has 1 aromatic rings. The second-order valence-corrected chi connectivity index (χ2v) is 4.77. The zero-order valence-corrected chi connectivity index (χ0v) is 10.1. The lowest BCUT2D eigenvalue weighted by Gasteiger charge is -2.11. The van der Waals surface area contributed by atoms with Crippen LogP contribution in [0.2, 0.25) is 0 Å². The van der Waals surface area contributed by atoms with Crippen LogP contribution in [0.15, 0.2) is 30.3 Å². The monoisotopic (exact) mass is 248 g/mol. The first-order chi connectivity index (χ1) is 8.81. The molecule has 0 aromatic heterocycles. The molecule has 0 N–H and O–H groups in total. The summed E-state index contributed by atoms with van der Waals surface area (Å²) in [6.07, 6.45) is 1.09. The Kier molecular flexibility index (Phi) is 3.30. The molecule has 3 atom stereocenters. The third-order valence-electron chi connectivity index (χ3n) is 3.34. The SMILES string of the molecule is O=C1CC2O[C@@H](COCc3ccccc3)CC2O1. The molecule has 4 heteroatoms. The zero-order chi connectivity index (χ0) is 12.4. The van der Waals surface area contributed by atoms with Gasteiger partial charge < -0.3 is 14.2 Å². The zero-order valence-electron chi connectivity index (χ0n) is 10.1. The number of hydrogen-bond donors (Lipinski definition) is 0. The average molecular weight is 248 g/mol. The molecule has 0 saturated carbocycles. The maximum absolute atomic E-state index is 11.0. The Hall–Kier alpha value is -1.39. The van der Waals surface area contributed by atoms with E-state index in [9.17, 15) is 4.79 Å². The third kappa shape index (κ3) is 2.54. The van der Waals surface area contributed by atoms with E-state index in [0.29, 0.717) is 19.6 Å². The molecule has 2 aliphatic rings. The molecule has 2 heterocycles. The first-order valence-corrected chi connectivity index (χ1v) is 6.28. The van der Waals surface area contributed by atoms with Crippen molar-refractivity contribution in [2.24, 2.45) is 0 Å². The van der Waals surface area contributed by atoms with Crippen molar-refractivity contribution in [3.63, 3.8) is 0 Å². The first-order valence-electron chi connectivity index (χ1n) is 6.28. The minimum absolute atomic E-state index is 0.0526. The van der Waals surface area contributed by atoms with Gasteiger partial charge in [-0.25, -0.2) is 0 Å². The van der Waals surface area contributed by atoms with Gasteiger partial charge in [-0.15, -0.1) is 0 Å². The second kappa shape index (κ2) is 5.08. The van der Waals surface area contributed by atoms with E-state index < -0.39 is 0 Å². The Morgan fingerprint density at radius 1 is 1.22 bits per heavy atom. The van der Waals surface area contributed by atoms with Gasteiger partial charge in [0.25, 0.3) is 0 Å². The van der Waals surface area contributed by atoms with Crippen LogP contribution in [0, 0.1) is 0 Å². The Morgan fingerprint density at radius 3 is 2.83 bits per heavy atom. The number of hydrogen-bond acceptors (Lipinski definition) is 4. The van der Waals surface area contributed by atoms with Crippen LogP contribution in [0.1, 0.15) is 18.4 Å². The molecule has 1 aromatic carbocycles. The number of rotatable bonds is 4. The largest absolute Gasteiger partial charge is 0.459 e. The minimum atomic E-state index is -0.145. The lowest BCUT2D eigenvalue weighted by atomic mass is 10.1. The number of benzene rings is 1. The van der Waals surface area contributed by atoms with E-state index in [2.05, 4.69) is 0 Å². The topological polar surface area (TPSA) is 44.8 Å². The predicted octanol–water partition coefficient (Wildman–Crippen LogP) is 1.68. The molecule has 0 spiro atoms. The molecule has 2 fully saturated rings. The van der Waals surface area contributed by atoms with Gasteiger partial charge in [-0.05, 0) is 5.56 Å². The van der Waals surface area contributed by atoms with E-state index in [-0.39, 0.29) is 24.3 Å². The second-order valence-electron chi connectivity index (χ2n) is 4.77. The highest BCUT2D eigenvalue weighted by Crippen LogP contribution is 2.31. The van der Waals surface area contributed by atoms with Crippen LogP contribution in [0.3, 0.4) is 0 Å². The highest BCUT2D eigenvalue weighted by Gasteiger charge is 2.44. The summed E-state index contributed by atoms with van der Waals surface area (Å²) < 4.78 is 16.5. The number of esters is 1. The molecule has 0 amide bonds. The summed E-state index contributed by atoms with van der Waals surface area (Å²) in [6, 6.07) is 10.0. The molecule has 2 aliphatic heterocycles. The molecule has 18 heavy (non-hydrogen) atoms. The van der Waals surface area contributed by atoms with Gasteiger partial charge >= 0.3 is 5.97 Å². The Morgan fingerprint density at radius 2 is 2.06 bits per heavy atom. The summed E-state index contributed by atoms with van der Waals surface area (Å²) in [5.74, 6) is -0.145. The maximum atomic E-state index is 11.0. The Bertz CT molecular complexity index is 401. The highest BCUT2D eigenvalue weighted by atomic mass is 16.6. The van der Waals surface area contributed by atoms with Crippen molar-refractivity contribution in [3.05, 3.63) is 35.9 Å². The lowest BCUT2D eigenvalue weighted by Crippen LogP contribution is -2.17. The van der Waals surface area contributed by atoms with Crippen molar-refractivity contribution in [2.45, 2.75) is 37.8 Å².